The second-order valence-corrected chi connectivity index (χ2v) is 5.25. The zero-order valence-corrected chi connectivity index (χ0v) is 9.66. The van der Waals surface area contributed by atoms with Crippen LogP contribution in [0.25, 0.3) is 0 Å². The summed E-state index contributed by atoms with van der Waals surface area (Å²) in [6.45, 7) is 0.546. The first kappa shape index (κ1) is 13.6. The molecule has 0 amide bonds. The molecule has 0 aromatic rings. The Morgan fingerprint density at radius 1 is 1.43 bits per heavy atom. The van der Waals surface area contributed by atoms with Gasteiger partial charge in [0.05, 0.1) is 21.1 Å². The Bertz CT molecular complexity index is 253. The average Bonchev–Trinajstić information content (AvgIpc) is 1.98. The van der Waals surface area contributed by atoms with Gasteiger partial charge in [-0.25, -0.2) is 4.57 Å². The van der Waals surface area contributed by atoms with Crippen LogP contribution < -0.4 is 0 Å². The number of hydrogen-bond acceptors (Lipinski definition) is 3. The molecule has 6 heteroatoms. The van der Waals surface area contributed by atoms with Crippen LogP contribution in [-0.2, 0) is 13.6 Å². The number of hydrogen-bond donors (Lipinski definition) is 1. The van der Waals surface area contributed by atoms with Gasteiger partial charge in [0, 0.05) is 0 Å². The molecule has 0 fully saturated rings. The summed E-state index contributed by atoms with van der Waals surface area (Å²) in [5.41, 5.74) is 0. The zero-order chi connectivity index (χ0) is 11.2. The zero-order valence-electron chi connectivity index (χ0n) is 8.77. The van der Waals surface area contributed by atoms with E-state index in [9.17, 15) is 4.57 Å². The Hall–Kier alpha value is -0.370. The van der Waals surface area contributed by atoms with Crippen LogP contribution in [0.4, 0.5) is 0 Å². The van der Waals surface area contributed by atoms with Gasteiger partial charge in [-0.15, -0.1) is 6.42 Å². The van der Waals surface area contributed by atoms with Crippen molar-refractivity contribution in [3.05, 3.63) is 0 Å². The van der Waals surface area contributed by atoms with Crippen LogP contribution >= 0.6 is 7.82 Å². The van der Waals surface area contributed by atoms with Crippen molar-refractivity contribution in [2.45, 2.75) is 0 Å². The standard InChI is InChI=1S/C8H16NO4P/c1-5-7-12-14(10,11)13-8-6-9(2,3)4/h1H,6-8H2,2-4H3/p+1. The molecule has 0 saturated heterocycles. The van der Waals surface area contributed by atoms with Crippen LogP contribution in [0.5, 0.6) is 0 Å². The van der Waals surface area contributed by atoms with Crippen LogP contribution in [0.2, 0.25) is 0 Å². The van der Waals surface area contributed by atoms with E-state index in [1.165, 1.54) is 0 Å². The van der Waals surface area contributed by atoms with Gasteiger partial charge < -0.3 is 9.38 Å². The van der Waals surface area contributed by atoms with Gasteiger partial charge in [0.2, 0.25) is 0 Å². The molecule has 1 atom stereocenters. The smallest absolute Gasteiger partial charge is 0.329 e. The second kappa shape index (κ2) is 5.50. The molecule has 0 aromatic heterocycles. The molecule has 1 N–H and O–H groups in total. The average molecular weight is 222 g/mol. The van der Waals surface area contributed by atoms with Gasteiger partial charge in [-0.1, -0.05) is 5.92 Å². The van der Waals surface area contributed by atoms with E-state index < -0.39 is 7.82 Å². The minimum absolute atomic E-state index is 0.155. The summed E-state index contributed by atoms with van der Waals surface area (Å²) < 4.78 is 20.8. The summed E-state index contributed by atoms with van der Waals surface area (Å²) in [6.07, 6.45) is 4.87. The minimum Gasteiger partial charge on any atom is -0.329 e. The van der Waals surface area contributed by atoms with Crippen LogP contribution in [-0.4, -0.2) is 50.3 Å². The highest BCUT2D eigenvalue weighted by atomic mass is 31.2. The van der Waals surface area contributed by atoms with Crippen molar-refractivity contribution in [1.82, 2.24) is 0 Å². The van der Waals surface area contributed by atoms with E-state index in [2.05, 4.69) is 15.0 Å². The molecule has 0 spiro atoms. The first-order chi connectivity index (χ1) is 6.27. The van der Waals surface area contributed by atoms with Crippen LogP contribution in [0.15, 0.2) is 0 Å². The second-order valence-electron chi connectivity index (χ2n) is 3.79. The lowest BCUT2D eigenvalue weighted by molar-refractivity contribution is -0.870. The lowest BCUT2D eigenvalue weighted by Gasteiger charge is -2.23. The van der Waals surface area contributed by atoms with Crippen molar-refractivity contribution in [2.75, 3.05) is 40.9 Å². The van der Waals surface area contributed by atoms with E-state index >= 15 is 0 Å². The molecular weight excluding hydrogens is 205 g/mol. The number of likely N-dealkylation sites (N-methyl/N-ethyl adjacent to an activating group) is 1. The molecule has 82 valence electrons. The normalized spacial score (nSPS) is 15.9. The molecule has 0 radical (unpaired) electrons. The lowest BCUT2D eigenvalue weighted by atomic mass is 10.5. The van der Waals surface area contributed by atoms with Crippen molar-refractivity contribution < 1.29 is 23.0 Å². The Labute approximate surface area is 84.8 Å². The molecule has 0 aliphatic heterocycles. The van der Waals surface area contributed by atoms with Crippen LogP contribution in [0.3, 0.4) is 0 Å². The molecule has 0 aliphatic rings. The topological polar surface area (TPSA) is 55.8 Å². The first-order valence-electron chi connectivity index (χ1n) is 4.13. The molecule has 0 aromatic carbocycles. The predicted octanol–water partition coefficient (Wildman–Crippen LogP) is 0.459. The number of quaternary nitrogens is 1. The molecule has 0 saturated carbocycles. The van der Waals surface area contributed by atoms with Gasteiger partial charge in [0.25, 0.3) is 0 Å². The number of rotatable bonds is 6. The van der Waals surface area contributed by atoms with E-state index in [1.54, 1.807) is 0 Å². The van der Waals surface area contributed by atoms with Crippen LogP contribution in [0.1, 0.15) is 0 Å². The van der Waals surface area contributed by atoms with Crippen molar-refractivity contribution in [3.63, 3.8) is 0 Å². The predicted molar refractivity (Wildman–Crippen MR) is 53.5 cm³/mol. The Morgan fingerprint density at radius 2 is 2.00 bits per heavy atom. The van der Waals surface area contributed by atoms with Gasteiger partial charge in [0.1, 0.15) is 19.8 Å². The Kier molecular flexibility index (Phi) is 5.35. The Morgan fingerprint density at radius 3 is 2.43 bits per heavy atom. The fraction of sp³-hybridized carbons (Fsp3) is 0.750. The molecular formula is C8H17NO4P+. The summed E-state index contributed by atoms with van der Waals surface area (Å²) in [5.74, 6) is 2.09. The largest absolute Gasteiger partial charge is 0.473 e. The molecule has 0 rings (SSSR count). The highest BCUT2D eigenvalue weighted by Crippen LogP contribution is 2.42. The fourth-order valence-electron chi connectivity index (χ4n) is 0.586. The summed E-state index contributed by atoms with van der Waals surface area (Å²) in [4.78, 5) is 9.05. The maximum absolute atomic E-state index is 11.1. The SMILES string of the molecule is C#CCOP(=O)(O)OCC[N+](C)(C)C. The molecule has 5 nitrogen and oxygen atoms in total. The summed E-state index contributed by atoms with van der Waals surface area (Å²) >= 11 is 0. The van der Waals surface area contributed by atoms with Crippen molar-refractivity contribution in [1.29, 1.82) is 0 Å². The lowest BCUT2D eigenvalue weighted by Crippen LogP contribution is -2.37. The third kappa shape index (κ3) is 8.24. The maximum Gasteiger partial charge on any atom is 0.473 e. The summed E-state index contributed by atoms with van der Waals surface area (Å²) in [7, 11) is 1.91. The summed E-state index contributed by atoms with van der Waals surface area (Å²) in [6, 6.07) is 0. The summed E-state index contributed by atoms with van der Waals surface area (Å²) in [5, 5.41) is 0. The van der Waals surface area contributed by atoms with E-state index in [4.69, 9.17) is 11.3 Å². The third-order valence-corrected chi connectivity index (χ3v) is 2.29. The van der Waals surface area contributed by atoms with Crippen molar-refractivity contribution in [2.24, 2.45) is 0 Å². The van der Waals surface area contributed by atoms with Gasteiger partial charge in [-0.2, -0.15) is 0 Å². The maximum atomic E-state index is 11.1. The van der Waals surface area contributed by atoms with Gasteiger partial charge in [0.15, 0.2) is 0 Å². The van der Waals surface area contributed by atoms with Gasteiger partial charge in [-0.3, -0.25) is 9.05 Å². The molecule has 14 heavy (non-hydrogen) atoms. The molecule has 1 unspecified atom stereocenters. The van der Waals surface area contributed by atoms with E-state index in [0.29, 0.717) is 11.0 Å². The first-order valence-corrected chi connectivity index (χ1v) is 5.62. The number of nitrogens with zero attached hydrogens (tertiary/aromatic N) is 1. The molecule has 0 heterocycles. The minimum atomic E-state index is -3.95. The van der Waals surface area contributed by atoms with Gasteiger partial charge in [-0.05, 0) is 0 Å². The van der Waals surface area contributed by atoms with E-state index in [1.807, 2.05) is 21.1 Å². The van der Waals surface area contributed by atoms with Gasteiger partial charge >= 0.3 is 7.82 Å². The quantitative estimate of drug-likeness (QED) is 0.403. The number of phosphoric acid groups is 1. The van der Waals surface area contributed by atoms with E-state index in [-0.39, 0.29) is 13.2 Å². The highest BCUT2D eigenvalue weighted by molar-refractivity contribution is 7.47. The number of terminal acetylenes is 1. The molecule has 0 aliphatic carbocycles. The number of phosphoric ester groups is 1. The Balaban J connectivity index is 3.78. The highest BCUT2D eigenvalue weighted by Gasteiger charge is 2.21. The third-order valence-electron chi connectivity index (χ3n) is 1.33. The van der Waals surface area contributed by atoms with E-state index in [0.717, 1.165) is 0 Å². The van der Waals surface area contributed by atoms with Crippen LogP contribution in [0, 0.1) is 12.3 Å². The van der Waals surface area contributed by atoms with Crippen molar-refractivity contribution in [3.8, 4) is 12.3 Å². The van der Waals surface area contributed by atoms with Crippen molar-refractivity contribution >= 4 is 7.82 Å². The molecule has 0 bridgehead atoms. The fourth-order valence-corrected chi connectivity index (χ4v) is 1.21. The monoisotopic (exact) mass is 222 g/mol.